The van der Waals surface area contributed by atoms with E-state index in [4.69, 9.17) is 0 Å². The van der Waals surface area contributed by atoms with Crippen LogP contribution >= 0.6 is 0 Å². The van der Waals surface area contributed by atoms with Gasteiger partial charge in [0, 0.05) is 6.04 Å². The van der Waals surface area contributed by atoms with Crippen LogP contribution in [-0.4, -0.2) is 13.1 Å². The lowest BCUT2D eigenvalue weighted by molar-refractivity contribution is 0.484. The summed E-state index contributed by atoms with van der Waals surface area (Å²) in [6, 6.07) is 9.56. The summed E-state index contributed by atoms with van der Waals surface area (Å²) in [5.74, 6) is 0. The Hall–Kier alpha value is -0.820. The summed E-state index contributed by atoms with van der Waals surface area (Å²) in [5.41, 5.74) is 2.80. The van der Waals surface area contributed by atoms with Gasteiger partial charge in [-0.15, -0.1) is 0 Å². The second-order valence-electron chi connectivity index (χ2n) is 4.30. The van der Waals surface area contributed by atoms with E-state index in [1.54, 1.807) is 0 Å². The maximum absolute atomic E-state index is 3.38. The van der Waals surface area contributed by atoms with Gasteiger partial charge in [0.25, 0.3) is 0 Å². The van der Waals surface area contributed by atoms with Gasteiger partial charge >= 0.3 is 0 Å². The normalized spacial score (nSPS) is 12.7. The van der Waals surface area contributed by atoms with E-state index in [0.29, 0.717) is 6.04 Å². The van der Waals surface area contributed by atoms with Crippen LogP contribution in [0.2, 0.25) is 0 Å². The zero-order chi connectivity index (χ0) is 11.1. The minimum atomic E-state index is 0.677. The molecule has 1 heteroatoms. The lowest BCUT2D eigenvalue weighted by Gasteiger charge is -2.14. The summed E-state index contributed by atoms with van der Waals surface area (Å²) in [4.78, 5) is 0. The van der Waals surface area contributed by atoms with Gasteiger partial charge in [0.15, 0.2) is 0 Å². The van der Waals surface area contributed by atoms with E-state index in [1.807, 2.05) is 0 Å². The molecule has 1 unspecified atom stereocenters. The molecule has 1 nitrogen and oxygen atoms in total. The van der Waals surface area contributed by atoms with Crippen LogP contribution in [0.3, 0.4) is 0 Å². The fourth-order valence-electron chi connectivity index (χ4n) is 1.88. The molecule has 0 aliphatic carbocycles. The summed E-state index contributed by atoms with van der Waals surface area (Å²) in [7, 11) is 2.06. The summed E-state index contributed by atoms with van der Waals surface area (Å²) < 4.78 is 0. The first-order chi connectivity index (χ1) is 7.26. The van der Waals surface area contributed by atoms with E-state index < -0.39 is 0 Å². The highest BCUT2D eigenvalue weighted by molar-refractivity contribution is 5.21. The van der Waals surface area contributed by atoms with Crippen molar-refractivity contribution in [2.24, 2.45) is 0 Å². The third kappa shape index (κ3) is 4.48. The highest BCUT2D eigenvalue weighted by Crippen LogP contribution is 2.09. The summed E-state index contributed by atoms with van der Waals surface area (Å²) >= 11 is 0. The van der Waals surface area contributed by atoms with Crippen LogP contribution in [0.4, 0.5) is 0 Å². The van der Waals surface area contributed by atoms with Crippen molar-refractivity contribution in [3.63, 3.8) is 0 Å². The first kappa shape index (κ1) is 12.3. The maximum Gasteiger partial charge on any atom is 0.00671 e. The van der Waals surface area contributed by atoms with E-state index in [0.717, 1.165) is 0 Å². The molecule has 1 aromatic rings. The van der Waals surface area contributed by atoms with E-state index in [2.05, 4.69) is 50.5 Å². The third-order valence-corrected chi connectivity index (χ3v) is 2.95. The van der Waals surface area contributed by atoms with Gasteiger partial charge in [0.05, 0.1) is 0 Å². The van der Waals surface area contributed by atoms with Gasteiger partial charge in [-0.3, -0.25) is 0 Å². The second kappa shape index (κ2) is 6.62. The van der Waals surface area contributed by atoms with Crippen molar-refractivity contribution in [2.75, 3.05) is 7.05 Å². The lowest BCUT2D eigenvalue weighted by atomic mass is 10.0. The first-order valence-electron chi connectivity index (χ1n) is 5.99. The van der Waals surface area contributed by atoms with E-state index in [1.165, 1.54) is 36.8 Å². The Morgan fingerprint density at radius 3 is 2.33 bits per heavy atom. The molecular formula is C14H23N. The number of aryl methyl sites for hydroxylation is 2. The predicted molar refractivity (Wildman–Crippen MR) is 67.3 cm³/mol. The van der Waals surface area contributed by atoms with Gasteiger partial charge in [-0.25, -0.2) is 0 Å². The monoisotopic (exact) mass is 205 g/mol. The number of benzene rings is 1. The van der Waals surface area contributed by atoms with Gasteiger partial charge < -0.3 is 5.32 Å². The molecule has 1 N–H and O–H groups in total. The third-order valence-electron chi connectivity index (χ3n) is 2.95. The van der Waals surface area contributed by atoms with Crippen molar-refractivity contribution in [1.29, 1.82) is 0 Å². The van der Waals surface area contributed by atoms with Crippen molar-refractivity contribution >= 4 is 0 Å². The van der Waals surface area contributed by atoms with Crippen LogP contribution in [0, 0.1) is 6.92 Å². The fraction of sp³-hybridized carbons (Fsp3) is 0.571. The van der Waals surface area contributed by atoms with Crippen molar-refractivity contribution < 1.29 is 0 Å². The highest BCUT2D eigenvalue weighted by Gasteiger charge is 2.04. The Bertz CT molecular complexity index is 263. The van der Waals surface area contributed by atoms with E-state index >= 15 is 0 Å². The summed E-state index contributed by atoms with van der Waals surface area (Å²) in [5, 5.41) is 3.38. The summed E-state index contributed by atoms with van der Waals surface area (Å²) in [6.07, 6.45) is 4.97. The molecule has 0 aromatic heterocycles. The zero-order valence-electron chi connectivity index (χ0n) is 10.2. The number of hydrogen-bond donors (Lipinski definition) is 1. The van der Waals surface area contributed by atoms with Crippen molar-refractivity contribution in [1.82, 2.24) is 5.32 Å². The average Bonchev–Trinajstić information content (AvgIpc) is 2.26. The van der Waals surface area contributed by atoms with Crippen LogP contribution in [0.5, 0.6) is 0 Å². The van der Waals surface area contributed by atoms with Crippen molar-refractivity contribution in [2.45, 2.75) is 45.6 Å². The topological polar surface area (TPSA) is 12.0 Å². The predicted octanol–water partition coefficient (Wildman–Crippen LogP) is 3.32. The number of rotatable bonds is 6. The maximum atomic E-state index is 3.38. The van der Waals surface area contributed by atoms with Crippen LogP contribution < -0.4 is 5.32 Å². The molecule has 0 radical (unpaired) electrons. The molecule has 0 saturated heterocycles. The molecule has 0 bridgehead atoms. The van der Waals surface area contributed by atoms with Crippen LogP contribution in [0.25, 0.3) is 0 Å². The molecule has 0 fully saturated rings. The van der Waals surface area contributed by atoms with Gasteiger partial charge in [-0.2, -0.15) is 0 Å². The van der Waals surface area contributed by atoms with Crippen LogP contribution in [0.15, 0.2) is 24.3 Å². The minimum absolute atomic E-state index is 0.677. The van der Waals surface area contributed by atoms with Crippen LogP contribution in [0.1, 0.15) is 37.3 Å². The molecule has 1 rings (SSSR count). The van der Waals surface area contributed by atoms with Gasteiger partial charge in [-0.1, -0.05) is 43.2 Å². The quantitative estimate of drug-likeness (QED) is 0.751. The van der Waals surface area contributed by atoms with Crippen molar-refractivity contribution in [3.8, 4) is 0 Å². The molecule has 0 spiro atoms. The van der Waals surface area contributed by atoms with Crippen molar-refractivity contribution in [3.05, 3.63) is 35.4 Å². The smallest absolute Gasteiger partial charge is 0.00671 e. The zero-order valence-corrected chi connectivity index (χ0v) is 10.2. The van der Waals surface area contributed by atoms with E-state index in [9.17, 15) is 0 Å². The number of hydrogen-bond acceptors (Lipinski definition) is 1. The summed E-state index contributed by atoms with van der Waals surface area (Å²) in [6.45, 7) is 4.38. The molecule has 15 heavy (non-hydrogen) atoms. The van der Waals surface area contributed by atoms with Gasteiger partial charge in [-0.05, 0) is 38.8 Å². The fourth-order valence-corrected chi connectivity index (χ4v) is 1.88. The SMILES string of the molecule is CCCC(CCc1ccc(C)cc1)NC. The standard InChI is InChI=1S/C14H23N/c1-4-5-14(15-3)11-10-13-8-6-12(2)7-9-13/h6-9,14-15H,4-5,10-11H2,1-3H3. The number of nitrogens with one attached hydrogen (secondary N) is 1. The molecule has 1 atom stereocenters. The molecule has 0 aliphatic heterocycles. The molecular weight excluding hydrogens is 182 g/mol. The minimum Gasteiger partial charge on any atom is -0.317 e. The Morgan fingerprint density at radius 1 is 1.13 bits per heavy atom. The Morgan fingerprint density at radius 2 is 1.80 bits per heavy atom. The molecule has 0 aliphatic rings. The lowest BCUT2D eigenvalue weighted by Crippen LogP contribution is -2.25. The highest BCUT2D eigenvalue weighted by atomic mass is 14.9. The van der Waals surface area contributed by atoms with Gasteiger partial charge in [0.2, 0.25) is 0 Å². The van der Waals surface area contributed by atoms with Crippen LogP contribution in [-0.2, 0) is 6.42 Å². The first-order valence-corrected chi connectivity index (χ1v) is 5.99. The Balaban J connectivity index is 2.38. The molecule has 0 saturated carbocycles. The Labute approximate surface area is 93.9 Å². The average molecular weight is 205 g/mol. The molecule has 84 valence electrons. The molecule has 0 amide bonds. The molecule has 0 heterocycles. The largest absolute Gasteiger partial charge is 0.317 e. The van der Waals surface area contributed by atoms with E-state index in [-0.39, 0.29) is 0 Å². The molecule has 1 aromatic carbocycles. The Kier molecular flexibility index (Phi) is 5.41. The van der Waals surface area contributed by atoms with Gasteiger partial charge in [0.1, 0.15) is 0 Å². The second-order valence-corrected chi connectivity index (χ2v) is 4.30.